The van der Waals surface area contributed by atoms with Crippen LogP contribution in [0.25, 0.3) is 0 Å². The van der Waals surface area contributed by atoms with E-state index in [4.69, 9.17) is 9.41 Å². The maximum atomic E-state index is 5.43. The maximum Gasteiger partial charge on any atom is 0.191 e. The first-order valence-electron chi connectivity index (χ1n) is 10.3. The lowest BCUT2D eigenvalue weighted by molar-refractivity contribution is 0.391. The summed E-state index contributed by atoms with van der Waals surface area (Å²) >= 11 is 0. The molecule has 1 atom stereocenters. The number of halogens is 1. The summed E-state index contributed by atoms with van der Waals surface area (Å²) in [6, 6.07) is 14.5. The van der Waals surface area contributed by atoms with Gasteiger partial charge >= 0.3 is 0 Å². The molecule has 0 radical (unpaired) electrons. The van der Waals surface area contributed by atoms with Crippen LogP contribution in [0.4, 0.5) is 0 Å². The number of rotatable bonds is 7. The molecule has 2 aromatic heterocycles. The van der Waals surface area contributed by atoms with Gasteiger partial charge in [0.25, 0.3) is 0 Å². The first-order valence-corrected chi connectivity index (χ1v) is 10.3. The van der Waals surface area contributed by atoms with Gasteiger partial charge in [-0.3, -0.25) is 0 Å². The van der Waals surface area contributed by atoms with Crippen LogP contribution in [0.2, 0.25) is 0 Å². The van der Waals surface area contributed by atoms with Crippen LogP contribution in [0.1, 0.15) is 36.3 Å². The molecule has 0 spiro atoms. The molecule has 3 aromatic rings. The summed E-state index contributed by atoms with van der Waals surface area (Å²) in [4.78, 5) is 9.41. The number of nitrogens with one attached hydrogen (secondary N) is 2. The molecular weight excluding hydrogens is 491 g/mol. The van der Waals surface area contributed by atoms with Crippen molar-refractivity contribution in [1.82, 2.24) is 25.4 Å². The van der Waals surface area contributed by atoms with Gasteiger partial charge in [0.1, 0.15) is 11.6 Å². The van der Waals surface area contributed by atoms with Crippen LogP contribution in [-0.2, 0) is 32.4 Å². The molecule has 0 saturated heterocycles. The molecule has 2 N–H and O–H groups in total. The smallest absolute Gasteiger partial charge is 0.191 e. The first-order chi connectivity index (χ1) is 14.3. The average molecular weight is 520 g/mol. The SMILES string of the molecule is CCc1nc2n(n1)CC(NC(=NCc1ccccc1)NCCc1ccco1)CC2.I. The second kappa shape index (κ2) is 11.1. The van der Waals surface area contributed by atoms with Crippen molar-refractivity contribution < 1.29 is 4.42 Å². The molecule has 3 heterocycles. The Balaban J connectivity index is 0.00000256. The Kier molecular flexibility index (Phi) is 8.30. The van der Waals surface area contributed by atoms with Gasteiger partial charge in [0.05, 0.1) is 19.4 Å². The summed E-state index contributed by atoms with van der Waals surface area (Å²) < 4.78 is 7.47. The molecule has 0 aliphatic carbocycles. The molecule has 0 saturated carbocycles. The number of hydrogen-bond donors (Lipinski definition) is 2. The number of aliphatic imine (C=N–C) groups is 1. The standard InChI is InChI=1S/C22H28N6O.HI/c1-2-20-26-21-11-10-18(16-28(21)27-20)25-22(23-13-12-19-9-6-14-29-19)24-15-17-7-4-3-5-8-17;/h3-9,14,18H,2,10-13,15-16H2,1H3,(H2,23,24,25);1H. The molecule has 1 unspecified atom stereocenters. The van der Waals surface area contributed by atoms with Crippen molar-refractivity contribution in [1.29, 1.82) is 0 Å². The summed E-state index contributed by atoms with van der Waals surface area (Å²) in [6.45, 7) is 4.30. The van der Waals surface area contributed by atoms with Gasteiger partial charge in [-0.2, -0.15) is 5.10 Å². The van der Waals surface area contributed by atoms with Crippen LogP contribution in [0.3, 0.4) is 0 Å². The first kappa shape index (κ1) is 22.3. The molecule has 0 amide bonds. The molecule has 0 bridgehead atoms. The van der Waals surface area contributed by atoms with E-state index in [0.717, 1.165) is 62.1 Å². The summed E-state index contributed by atoms with van der Waals surface area (Å²) in [5.74, 6) is 3.81. The Hall–Kier alpha value is -2.36. The van der Waals surface area contributed by atoms with Gasteiger partial charge in [-0.05, 0) is 24.1 Å². The van der Waals surface area contributed by atoms with Crippen molar-refractivity contribution in [2.24, 2.45) is 4.99 Å². The molecule has 4 rings (SSSR count). The third kappa shape index (κ3) is 6.07. The molecule has 1 aliphatic heterocycles. The van der Waals surface area contributed by atoms with Gasteiger partial charge in [-0.1, -0.05) is 37.3 Å². The number of hydrogen-bond acceptors (Lipinski definition) is 4. The van der Waals surface area contributed by atoms with E-state index in [9.17, 15) is 0 Å². The summed E-state index contributed by atoms with van der Waals surface area (Å²) in [7, 11) is 0. The van der Waals surface area contributed by atoms with Gasteiger partial charge in [0.2, 0.25) is 0 Å². The largest absolute Gasteiger partial charge is 0.469 e. The molecule has 1 aromatic carbocycles. The maximum absolute atomic E-state index is 5.43. The van der Waals surface area contributed by atoms with Crippen LogP contribution in [0.15, 0.2) is 58.1 Å². The fourth-order valence-electron chi connectivity index (χ4n) is 3.49. The fourth-order valence-corrected chi connectivity index (χ4v) is 3.49. The van der Waals surface area contributed by atoms with Crippen molar-refractivity contribution in [3.8, 4) is 0 Å². The van der Waals surface area contributed by atoms with Crippen molar-refractivity contribution in [3.63, 3.8) is 0 Å². The number of benzene rings is 1. The predicted molar refractivity (Wildman–Crippen MR) is 128 cm³/mol. The van der Waals surface area contributed by atoms with Crippen LogP contribution in [0, 0.1) is 0 Å². The van der Waals surface area contributed by atoms with Gasteiger partial charge in [0.15, 0.2) is 11.8 Å². The molecule has 1 aliphatic rings. The number of furan rings is 1. The molecule has 8 heteroatoms. The molecule has 7 nitrogen and oxygen atoms in total. The third-order valence-corrected chi connectivity index (χ3v) is 5.07. The van der Waals surface area contributed by atoms with E-state index in [1.807, 2.05) is 35.0 Å². The Morgan fingerprint density at radius 2 is 2.10 bits per heavy atom. The zero-order valence-corrected chi connectivity index (χ0v) is 19.6. The highest BCUT2D eigenvalue weighted by Crippen LogP contribution is 2.13. The normalized spacial score (nSPS) is 15.9. The van der Waals surface area contributed by atoms with Gasteiger partial charge in [-0.15, -0.1) is 24.0 Å². The number of fused-ring (bicyclic) bond motifs is 1. The van der Waals surface area contributed by atoms with Crippen molar-refractivity contribution in [2.45, 2.75) is 51.7 Å². The van der Waals surface area contributed by atoms with E-state index >= 15 is 0 Å². The molecule has 160 valence electrons. The van der Waals surface area contributed by atoms with E-state index in [0.29, 0.717) is 6.54 Å². The Morgan fingerprint density at radius 3 is 2.87 bits per heavy atom. The number of nitrogens with zero attached hydrogens (tertiary/aromatic N) is 4. The Labute approximate surface area is 194 Å². The topological polar surface area (TPSA) is 80.3 Å². The Bertz CT molecular complexity index is 923. The zero-order valence-electron chi connectivity index (χ0n) is 17.3. The van der Waals surface area contributed by atoms with E-state index in [1.54, 1.807) is 6.26 Å². The van der Waals surface area contributed by atoms with E-state index in [-0.39, 0.29) is 30.0 Å². The van der Waals surface area contributed by atoms with Crippen molar-refractivity contribution >= 4 is 29.9 Å². The number of aromatic nitrogens is 3. The minimum absolute atomic E-state index is 0. The van der Waals surface area contributed by atoms with Crippen LogP contribution in [0.5, 0.6) is 0 Å². The summed E-state index contributed by atoms with van der Waals surface area (Å²) in [6.07, 6.45) is 5.35. The van der Waals surface area contributed by atoms with Crippen LogP contribution < -0.4 is 10.6 Å². The lowest BCUT2D eigenvalue weighted by Gasteiger charge is -2.25. The van der Waals surface area contributed by atoms with E-state index < -0.39 is 0 Å². The monoisotopic (exact) mass is 520 g/mol. The average Bonchev–Trinajstić information content (AvgIpc) is 3.41. The van der Waals surface area contributed by atoms with E-state index in [1.165, 1.54) is 5.56 Å². The van der Waals surface area contributed by atoms with E-state index in [2.05, 4.69) is 39.8 Å². The Morgan fingerprint density at radius 1 is 1.23 bits per heavy atom. The van der Waals surface area contributed by atoms with Gasteiger partial charge < -0.3 is 15.1 Å². The van der Waals surface area contributed by atoms with Crippen LogP contribution >= 0.6 is 24.0 Å². The highest BCUT2D eigenvalue weighted by molar-refractivity contribution is 14.0. The third-order valence-electron chi connectivity index (χ3n) is 5.07. The highest BCUT2D eigenvalue weighted by atomic mass is 127. The lowest BCUT2D eigenvalue weighted by atomic mass is 10.1. The highest BCUT2D eigenvalue weighted by Gasteiger charge is 2.22. The minimum Gasteiger partial charge on any atom is -0.469 e. The van der Waals surface area contributed by atoms with Crippen molar-refractivity contribution in [2.75, 3.05) is 6.54 Å². The van der Waals surface area contributed by atoms with Crippen LogP contribution in [-0.4, -0.2) is 33.3 Å². The summed E-state index contributed by atoms with van der Waals surface area (Å²) in [5.41, 5.74) is 1.19. The molecular formula is C22H29IN6O. The van der Waals surface area contributed by atoms with Gasteiger partial charge in [-0.25, -0.2) is 14.7 Å². The number of guanidine groups is 1. The number of aryl methyl sites for hydroxylation is 2. The lowest BCUT2D eigenvalue weighted by Crippen LogP contribution is -2.47. The predicted octanol–water partition coefficient (Wildman–Crippen LogP) is 3.34. The second-order valence-corrected chi connectivity index (χ2v) is 7.27. The molecule has 30 heavy (non-hydrogen) atoms. The summed E-state index contributed by atoms with van der Waals surface area (Å²) in [5, 5.41) is 11.7. The second-order valence-electron chi connectivity index (χ2n) is 7.27. The molecule has 0 fully saturated rings. The minimum atomic E-state index is 0. The van der Waals surface area contributed by atoms with Gasteiger partial charge in [0, 0.05) is 31.8 Å². The zero-order chi connectivity index (χ0) is 19.9. The van der Waals surface area contributed by atoms with Crippen molar-refractivity contribution in [3.05, 3.63) is 71.7 Å². The fraction of sp³-hybridized carbons (Fsp3) is 0.409. The quantitative estimate of drug-likeness (QED) is 0.284.